The molecule has 27 heavy (non-hydrogen) atoms. The predicted molar refractivity (Wildman–Crippen MR) is 107 cm³/mol. The third-order valence-electron chi connectivity index (χ3n) is 4.65. The summed E-state index contributed by atoms with van der Waals surface area (Å²) in [6.45, 7) is 4.22. The Hall–Kier alpha value is -2.79. The van der Waals surface area contributed by atoms with E-state index in [4.69, 9.17) is 11.6 Å². The van der Waals surface area contributed by atoms with Crippen molar-refractivity contribution in [2.24, 2.45) is 0 Å². The van der Waals surface area contributed by atoms with Gasteiger partial charge in [0.25, 0.3) is 0 Å². The van der Waals surface area contributed by atoms with Crippen molar-refractivity contribution in [1.29, 1.82) is 0 Å². The first-order chi connectivity index (χ1) is 13.0. The number of hydrogen-bond donors (Lipinski definition) is 2. The van der Waals surface area contributed by atoms with E-state index in [-0.39, 0.29) is 0 Å². The molecule has 3 rings (SSSR count). The highest BCUT2D eigenvalue weighted by Crippen LogP contribution is 2.35. The lowest BCUT2D eigenvalue weighted by Crippen LogP contribution is -2.42. The van der Waals surface area contributed by atoms with Crippen molar-refractivity contribution in [3.05, 3.63) is 65.7 Å². The van der Waals surface area contributed by atoms with Gasteiger partial charge in [-0.3, -0.25) is 0 Å². The Bertz CT molecular complexity index is 867. The fraction of sp³-hybridized carbons (Fsp3) is 0.238. The molecule has 0 aromatic heterocycles. The number of nitrogens with zero attached hydrogens (tertiary/aromatic N) is 1. The smallest absolute Gasteiger partial charge is 0.326 e. The molecule has 1 fully saturated rings. The molecule has 1 aliphatic rings. The van der Waals surface area contributed by atoms with Crippen LogP contribution in [0.1, 0.15) is 18.4 Å². The molecule has 0 spiro atoms. The molecular weight excluding hydrogens is 364 g/mol. The summed E-state index contributed by atoms with van der Waals surface area (Å²) >= 11 is 6.27. The fourth-order valence-corrected chi connectivity index (χ4v) is 3.72. The molecule has 0 aliphatic carbocycles. The minimum absolute atomic E-state index is 0.420. The lowest BCUT2D eigenvalue weighted by Gasteiger charge is -2.23. The zero-order valence-corrected chi connectivity index (χ0v) is 15.6. The molecule has 2 amide bonds. The van der Waals surface area contributed by atoms with Crippen LogP contribution in [0, 0.1) is 0 Å². The van der Waals surface area contributed by atoms with Crippen LogP contribution < -0.4 is 5.32 Å². The predicted octanol–water partition coefficient (Wildman–Crippen LogP) is 4.82. The number of carbonyl (C=O) groups excluding carboxylic acids is 1. The van der Waals surface area contributed by atoms with E-state index in [1.807, 2.05) is 36.4 Å². The lowest BCUT2D eigenvalue weighted by atomic mass is 9.95. The summed E-state index contributed by atoms with van der Waals surface area (Å²) < 4.78 is 0. The molecule has 0 saturated carbocycles. The van der Waals surface area contributed by atoms with Crippen LogP contribution in [0.15, 0.2) is 55.1 Å². The standard InChI is InChI=1S/C21H21ClN2O3/c1-2-7-15-12-16(22)13-17(19(15)14-8-4-3-5-9-14)23-21(27)24-11-6-10-18(24)20(25)26/h2-5,8-9,12-13,18H,1,6-7,10-11H2,(H,23,27)(H,25,26)/t18-/m1/s1. The van der Waals surface area contributed by atoms with Crippen LogP contribution in [0.4, 0.5) is 10.5 Å². The van der Waals surface area contributed by atoms with E-state index < -0.39 is 18.0 Å². The Morgan fingerprint density at radius 3 is 2.70 bits per heavy atom. The van der Waals surface area contributed by atoms with Crippen molar-refractivity contribution in [1.82, 2.24) is 4.90 Å². The summed E-state index contributed by atoms with van der Waals surface area (Å²) in [5.74, 6) is -0.982. The number of hydrogen-bond acceptors (Lipinski definition) is 2. The largest absolute Gasteiger partial charge is 0.480 e. The summed E-state index contributed by atoms with van der Waals surface area (Å²) in [4.78, 5) is 25.5. The van der Waals surface area contributed by atoms with Crippen LogP contribution in [0.25, 0.3) is 11.1 Å². The number of anilines is 1. The van der Waals surface area contributed by atoms with E-state index in [1.54, 1.807) is 12.1 Å². The number of benzene rings is 2. The van der Waals surface area contributed by atoms with E-state index in [2.05, 4.69) is 11.9 Å². The Morgan fingerprint density at radius 1 is 1.30 bits per heavy atom. The van der Waals surface area contributed by atoms with Crippen LogP contribution >= 0.6 is 11.6 Å². The third kappa shape index (κ3) is 4.14. The summed E-state index contributed by atoms with van der Waals surface area (Å²) in [6.07, 6.45) is 3.51. The molecule has 2 aromatic carbocycles. The third-order valence-corrected chi connectivity index (χ3v) is 4.87. The van der Waals surface area contributed by atoms with Crippen LogP contribution in [-0.4, -0.2) is 34.6 Å². The second-order valence-electron chi connectivity index (χ2n) is 6.47. The monoisotopic (exact) mass is 384 g/mol. The first kappa shape index (κ1) is 19.0. The number of carbonyl (C=O) groups is 2. The molecule has 2 aromatic rings. The number of halogens is 1. The number of likely N-dealkylation sites (tertiary alicyclic amines) is 1. The van der Waals surface area contributed by atoms with Crippen molar-refractivity contribution < 1.29 is 14.7 Å². The highest BCUT2D eigenvalue weighted by molar-refractivity contribution is 6.31. The van der Waals surface area contributed by atoms with Crippen LogP contribution in [0.5, 0.6) is 0 Å². The molecule has 1 saturated heterocycles. The highest BCUT2D eigenvalue weighted by atomic mass is 35.5. The van der Waals surface area contributed by atoms with Crippen LogP contribution in [-0.2, 0) is 11.2 Å². The molecule has 5 nitrogen and oxygen atoms in total. The van der Waals surface area contributed by atoms with Gasteiger partial charge in [-0.15, -0.1) is 6.58 Å². The normalized spacial score (nSPS) is 16.2. The molecule has 140 valence electrons. The maximum absolute atomic E-state index is 12.8. The molecule has 6 heteroatoms. The second-order valence-corrected chi connectivity index (χ2v) is 6.90. The minimum Gasteiger partial charge on any atom is -0.480 e. The van der Waals surface area contributed by atoms with Crippen molar-refractivity contribution in [2.75, 3.05) is 11.9 Å². The summed E-state index contributed by atoms with van der Waals surface area (Å²) in [5.41, 5.74) is 3.30. The molecule has 1 heterocycles. The summed E-state index contributed by atoms with van der Waals surface area (Å²) in [5, 5.41) is 12.7. The molecule has 0 radical (unpaired) electrons. The number of urea groups is 1. The van der Waals surface area contributed by atoms with Gasteiger partial charge >= 0.3 is 12.0 Å². The number of allylic oxidation sites excluding steroid dienone is 1. The SMILES string of the molecule is C=CCc1cc(Cl)cc(NC(=O)N2CCC[C@@H]2C(=O)O)c1-c1ccccc1. The average molecular weight is 385 g/mol. The highest BCUT2D eigenvalue weighted by Gasteiger charge is 2.34. The molecule has 0 unspecified atom stereocenters. The number of rotatable bonds is 5. The molecule has 0 bridgehead atoms. The Balaban J connectivity index is 2.00. The van der Waals surface area contributed by atoms with Gasteiger partial charge in [0.05, 0.1) is 5.69 Å². The zero-order chi connectivity index (χ0) is 19.4. The zero-order valence-electron chi connectivity index (χ0n) is 14.8. The first-order valence-electron chi connectivity index (χ1n) is 8.80. The van der Waals surface area contributed by atoms with Crippen molar-refractivity contribution in [3.63, 3.8) is 0 Å². The van der Waals surface area contributed by atoms with E-state index >= 15 is 0 Å². The van der Waals surface area contributed by atoms with E-state index in [0.717, 1.165) is 16.7 Å². The number of amides is 2. The van der Waals surface area contributed by atoms with Gasteiger partial charge in [0.1, 0.15) is 6.04 Å². The van der Waals surface area contributed by atoms with Gasteiger partial charge < -0.3 is 15.3 Å². The Labute approximate surface area is 163 Å². The van der Waals surface area contributed by atoms with Crippen LogP contribution in [0.2, 0.25) is 5.02 Å². The quantitative estimate of drug-likeness (QED) is 0.726. The van der Waals surface area contributed by atoms with Gasteiger partial charge in [-0.2, -0.15) is 0 Å². The summed E-state index contributed by atoms with van der Waals surface area (Å²) in [6, 6.07) is 12.0. The number of carboxylic acids is 1. The summed E-state index contributed by atoms with van der Waals surface area (Å²) in [7, 11) is 0. The number of aliphatic carboxylic acids is 1. The van der Waals surface area contributed by atoms with E-state index in [1.165, 1.54) is 4.90 Å². The Morgan fingerprint density at radius 2 is 2.04 bits per heavy atom. The average Bonchev–Trinajstić information content (AvgIpc) is 3.13. The fourth-order valence-electron chi connectivity index (χ4n) is 3.48. The van der Waals surface area contributed by atoms with Crippen molar-refractivity contribution in [2.45, 2.75) is 25.3 Å². The van der Waals surface area contributed by atoms with Gasteiger partial charge in [0.15, 0.2) is 0 Å². The molecule has 1 aliphatic heterocycles. The van der Waals surface area contributed by atoms with Crippen molar-refractivity contribution in [3.8, 4) is 11.1 Å². The number of nitrogens with one attached hydrogen (secondary N) is 1. The van der Waals surface area contributed by atoms with Gasteiger partial charge in [0.2, 0.25) is 0 Å². The van der Waals surface area contributed by atoms with Crippen molar-refractivity contribution >= 4 is 29.3 Å². The van der Waals surface area contributed by atoms with Gasteiger partial charge in [0, 0.05) is 17.1 Å². The molecule has 2 N–H and O–H groups in total. The first-order valence-corrected chi connectivity index (χ1v) is 9.18. The lowest BCUT2D eigenvalue weighted by molar-refractivity contribution is -0.141. The minimum atomic E-state index is -0.982. The van der Waals surface area contributed by atoms with Crippen LogP contribution in [0.3, 0.4) is 0 Å². The van der Waals surface area contributed by atoms with Gasteiger partial charge in [-0.25, -0.2) is 9.59 Å². The van der Waals surface area contributed by atoms with Gasteiger partial charge in [-0.05, 0) is 42.5 Å². The van der Waals surface area contributed by atoms with Gasteiger partial charge in [-0.1, -0.05) is 48.0 Å². The maximum Gasteiger partial charge on any atom is 0.326 e. The Kier molecular flexibility index (Phi) is 5.81. The topological polar surface area (TPSA) is 69.6 Å². The number of carboxylic acid groups (broad SMARTS) is 1. The second kappa shape index (κ2) is 8.27. The molecular formula is C21H21ClN2O3. The molecule has 1 atom stereocenters. The van der Waals surface area contributed by atoms with E-state index in [0.29, 0.717) is 36.5 Å². The van der Waals surface area contributed by atoms with E-state index in [9.17, 15) is 14.7 Å². The maximum atomic E-state index is 12.8.